The molecular formula is C5H7F3O3. The summed E-state index contributed by atoms with van der Waals surface area (Å²) in [5.74, 6) is -2.83. The molecule has 1 fully saturated rings. The third-order valence-corrected chi connectivity index (χ3v) is 1.28. The van der Waals surface area contributed by atoms with Crippen molar-refractivity contribution in [1.82, 2.24) is 0 Å². The van der Waals surface area contributed by atoms with Crippen LogP contribution in [0, 0.1) is 0 Å². The van der Waals surface area contributed by atoms with Crippen LogP contribution in [0.1, 0.15) is 0 Å². The minimum Gasteiger partial charge on any atom is -0.324 e. The van der Waals surface area contributed by atoms with Crippen LogP contribution < -0.4 is 0 Å². The molecule has 1 rings (SSSR count). The van der Waals surface area contributed by atoms with E-state index >= 15 is 0 Å². The van der Waals surface area contributed by atoms with Crippen molar-refractivity contribution in [2.24, 2.45) is 0 Å². The maximum Gasteiger partial charge on any atom is 0.473 e. The maximum absolute atomic E-state index is 12.0. The highest BCUT2D eigenvalue weighted by atomic mass is 19.4. The summed E-state index contributed by atoms with van der Waals surface area (Å²) in [7, 11) is 0.888. The average molecular weight is 172 g/mol. The first-order valence-corrected chi connectivity index (χ1v) is 2.91. The largest absolute Gasteiger partial charge is 0.473 e. The summed E-state index contributed by atoms with van der Waals surface area (Å²) in [5, 5.41) is 0. The summed E-state index contributed by atoms with van der Waals surface area (Å²) in [6.45, 7) is -0.208. The van der Waals surface area contributed by atoms with Crippen LogP contribution >= 0.6 is 0 Å². The zero-order valence-electron chi connectivity index (χ0n) is 5.77. The van der Waals surface area contributed by atoms with Gasteiger partial charge in [0, 0.05) is 7.11 Å². The fraction of sp³-hybridized carbons (Fsp3) is 1.00. The molecule has 6 heteroatoms. The summed E-state index contributed by atoms with van der Waals surface area (Å²) >= 11 is 0. The van der Waals surface area contributed by atoms with Crippen molar-refractivity contribution in [3.63, 3.8) is 0 Å². The van der Waals surface area contributed by atoms with Crippen molar-refractivity contribution in [3.8, 4) is 0 Å². The van der Waals surface area contributed by atoms with E-state index in [9.17, 15) is 13.2 Å². The van der Waals surface area contributed by atoms with Crippen LogP contribution in [0.2, 0.25) is 0 Å². The monoisotopic (exact) mass is 172 g/mol. The summed E-state index contributed by atoms with van der Waals surface area (Å²) in [5.41, 5.74) is 0. The Kier molecular flexibility index (Phi) is 2.08. The Morgan fingerprint density at radius 2 is 1.73 bits per heavy atom. The van der Waals surface area contributed by atoms with Gasteiger partial charge in [-0.3, -0.25) is 0 Å². The minimum atomic E-state index is -4.64. The first-order valence-electron chi connectivity index (χ1n) is 2.91. The first kappa shape index (κ1) is 8.76. The molecule has 0 radical (unpaired) electrons. The highest BCUT2D eigenvalue weighted by Gasteiger charge is 2.61. The standard InChI is InChI=1S/C5H7F3O3/c1-9-5(4(6,7)8)10-2-3-11-5/h2-3H2,1H3. The number of halogens is 3. The van der Waals surface area contributed by atoms with Gasteiger partial charge in [-0.05, 0) is 0 Å². The minimum absolute atomic E-state index is 0.104. The second-order valence-corrected chi connectivity index (χ2v) is 1.95. The molecule has 1 saturated heterocycles. The molecule has 1 aliphatic heterocycles. The number of ether oxygens (including phenoxy) is 3. The lowest BCUT2D eigenvalue weighted by molar-refractivity contribution is -0.443. The maximum atomic E-state index is 12.0. The molecule has 0 aromatic carbocycles. The van der Waals surface area contributed by atoms with Gasteiger partial charge in [-0.15, -0.1) is 0 Å². The molecule has 0 bridgehead atoms. The SMILES string of the molecule is COC1(C(F)(F)F)OCCO1. The zero-order valence-corrected chi connectivity index (χ0v) is 5.77. The predicted molar refractivity (Wildman–Crippen MR) is 27.7 cm³/mol. The van der Waals surface area contributed by atoms with Gasteiger partial charge in [0.05, 0.1) is 13.2 Å². The van der Waals surface area contributed by atoms with Crippen LogP contribution in [-0.4, -0.2) is 32.5 Å². The van der Waals surface area contributed by atoms with Crippen LogP contribution in [0.4, 0.5) is 13.2 Å². The van der Waals surface area contributed by atoms with E-state index in [0.717, 1.165) is 7.11 Å². The Morgan fingerprint density at radius 3 is 1.91 bits per heavy atom. The van der Waals surface area contributed by atoms with Gasteiger partial charge >= 0.3 is 12.1 Å². The van der Waals surface area contributed by atoms with Gasteiger partial charge in [0.2, 0.25) is 0 Å². The molecule has 0 aromatic heterocycles. The molecule has 0 N–H and O–H groups in total. The molecule has 1 heterocycles. The zero-order chi connectivity index (χ0) is 8.54. The van der Waals surface area contributed by atoms with E-state index in [1.165, 1.54) is 0 Å². The van der Waals surface area contributed by atoms with Crippen LogP contribution in [0.25, 0.3) is 0 Å². The fourth-order valence-corrected chi connectivity index (χ4v) is 0.791. The lowest BCUT2D eigenvalue weighted by Crippen LogP contribution is -2.47. The molecule has 0 atom stereocenters. The van der Waals surface area contributed by atoms with Crippen LogP contribution in [-0.2, 0) is 14.2 Å². The van der Waals surface area contributed by atoms with E-state index in [-0.39, 0.29) is 13.2 Å². The normalized spacial score (nSPS) is 24.0. The highest BCUT2D eigenvalue weighted by Crippen LogP contribution is 2.37. The molecule has 11 heavy (non-hydrogen) atoms. The first-order chi connectivity index (χ1) is 5.02. The third-order valence-electron chi connectivity index (χ3n) is 1.28. The molecule has 0 unspecified atom stereocenters. The van der Waals surface area contributed by atoms with Crippen molar-refractivity contribution in [3.05, 3.63) is 0 Å². The topological polar surface area (TPSA) is 27.7 Å². The smallest absolute Gasteiger partial charge is 0.324 e. The molecule has 0 saturated carbocycles. The second-order valence-electron chi connectivity index (χ2n) is 1.95. The van der Waals surface area contributed by atoms with Gasteiger partial charge in [-0.1, -0.05) is 0 Å². The van der Waals surface area contributed by atoms with E-state index in [1.54, 1.807) is 0 Å². The van der Waals surface area contributed by atoms with Crippen molar-refractivity contribution in [2.45, 2.75) is 12.1 Å². The van der Waals surface area contributed by atoms with Gasteiger partial charge < -0.3 is 14.2 Å². The fourth-order valence-electron chi connectivity index (χ4n) is 0.791. The van der Waals surface area contributed by atoms with Crippen molar-refractivity contribution in [2.75, 3.05) is 20.3 Å². The lowest BCUT2D eigenvalue weighted by atomic mass is 10.5. The Labute approximate surface area is 61.0 Å². The summed E-state index contributed by atoms with van der Waals surface area (Å²) in [4.78, 5) is 0. The molecule has 1 aliphatic rings. The molecule has 0 aromatic rings. The number of rotatable bonds is 1. The van der Waals surface area contributed by atoms with Gasteiger partial charge in [0.25, 0.3) is 0 Å². The predicted octanol–water partition coefficient (Wildman–Crippen LogP) is 0.896. The Hall–Kier alpha value is -0.330. The van der Waals surface area contributed by atoms with E-state index in [4.69, 9.17) is 0 Å². The van der Waals surface area contributed by atoms with E-state index in [1.807, 2.05) is 0 Å². The van der Waals surface area contributed by atoms with Crippen molar-refractivity contribution >= 4 is 0 Å². The number of hydrogen-bond donors (Lipinski definition) is 0. The molecule has 0 spiro atoms. The third kappa shape index (κ3) is 1.33. The van der Waals surface area contributed by atoms with Gasteiger partial charge in [0.1, 0.15) is 0 Å². The summed E-state index contributed by atoms with van der Waals surface area (Å²) in [6.07, 6.45) is -4.64. The van der Waals surface area contributed by atoms with Crippen LogP contribution in [0.15, 0.2) is 0 Å². The lowest BCUT2D eigenvalue weighted by Gasteiger charge is -2.26. The Balaban J connectivity index is 2.75. The van der Waals surface area contributed by atoms with Crippen LogP contribution in [0.3, 0.4) is 0 Å². The molecular weight excluding hydrogens is 165 g/mol. The van der Waals surface area contributed by atoms with Gasteiger partial charge in [-0.25, -0.2) is 0 Å². The van der Waals surface area contributed by atoms with E-state index < -0.39 is 12.1 Å². The van der Waals surface area contributed by atoms with Crippen LogP contribution in [0.5, 0.6) is 0 Å². The van der Waals surface area contributed by atoms with E-state index in [2.05, 4.69) is 14.2 Å². The number of methoxy groups -OCH3 is 1. The van der Waals surface area contributed by atoms with Crippen molar-refractivity contribution in [1.29, 1.82) is 0 Å². The number of alkyl halides is 3. The highest BCUT2D eigenvalue weighted by molar-refractivity contribution is 4.71. The van der Waals surface area contributed by atoms with Gasteiger partial charge in [-0.2, -0.15) is 13.2 Å². The second kappa shape index (κ2) is 2.62. The van der Waals surface area contributed by atoms with Crippen molar-refractivity contribution < 1.29 is 27.4 Å². The molecule has 66 valence electrons. The quantitative estimate of drug-likeness (QED) is 0.588. The summed E-state index contributed by atoms with van der Waals surface area (Å²) < 4.78 is 48.8. The Bertz CT molecular complexity index is 138. The number of hydrogen-bond acceptors (Lipinski definition) is 3. The van der Waals surface area contributed by atoms with Gasteiger partial charge in [0.15, 0.2) is 0 Å². The van der Waals surface area contributed by atoms with E-state index in [0.29, 0.717) is 0 Å². The average Bonchev–Trinajstić information content (AvgIpc) is 2.33. The molecule has 0 amide bonds. The summed E-state index contributed by atoms with van der Waals surface area (Å²) in [6, 6.07) is 0. The Morgan fingerprint density at radius 1 is 1.27 bits per heavy atom. The molecule has 3 nitrogen and oxygen atoms in total. The molecule has 0 aliphatic carbocycles.